The van der Waals surface area contributed by atoms with Gasteiger partial charge in [0.15, 0.2) is 11.6 Å². The molecule has 0 aliphatic carbocycles. The lowest BCUT2D eigenvalue weighted by Gasteiger charge is -2.28. The number of benzene rings is 2. The average molecular weight is 941 g/mol. The Morgan fingerprint density at radius 2 is 1.45 bits per heavy atom. The van der Waals surface area contributed by atoms with Gasteiger partial charge in [-0.05, 0) is 50.1 Å². The SMILES string of the molecule is CCCCCCCCCCCCCCCCCCOC[C@H](COP(=O)(OC[C@@H](OCC#N)[C@H]1OC(C)(C)O[C@H]1c1ccc2c(N)ncnn12)Oc1ccccc1Cl)OCc1ccccc1. The van der Waals surface area contributed by atoms with E-state index in [-0.39, 0.29) is 43.0 Å². The summed E-state index contributed by atoms with van der Waals surface area (Å²) in [5.41, 5.74) is 8.26. The molecule has 2 N–H and O–H groups in total. The number of hydrogen-bond acceptors (Lipinski definition) is 13. The number of para-hydroxylation sites is 1. The summed E-state index contributed by atoms with van der Waals surface area (Å²) in [4.78, 5) is 4.09. The fourth-order valence-corrected chi connectivity index (χ4v) is 9.31. The van der Waals surface area contributed by atoms with E-state index in [0.717, 1.165) is 18.4 Å². The minimum Gasteiger partial charge on any atom is -0.402 e. The highest BCUT2D eigenvalue weighted by atomic mass is 35.5. The van der Waals surface area contributed by atoms with Crippen LogP contribution in [0, 0.1) is 11.3 Å². The molecule has 2 aromatic carbocycles. The summed E-state index contributed by atoms with van der Waals surface area (Å²) >= 11 is 6.48. The van der Waals surface area contributed by atoms with E-state index in [0.29, 0.717) is 17.8 Å². The van der Waals surface area contributed by atoms with Crippen LogP contribution in [0.2, 0.25) is 5.02 Å². The van der Waals surface area contributed by atoms with E-state index >= 15 is 0 Å². The molecule has 0 bridgehead atoms. The van der Waals surface area contributed by atoms with Gasteiger partial charge in [0, 0.05) is 6.61 Å². The lowest BCUT2D eigenvalue weighted by molar-refractivity contribution is -0.161. The van der Waals surface area contributed by atoms with E-state index in [1.54, 1.807) is 54.8 Å². The van der Waals surface area contributed by atoms with Crippen LogP contribution in [-0.2, 0) is 43.9 Å². The van der Waals surface area contributed by atoms with Crippen LogP contribution in [-0.4, -0.2) is 71.7 Å². The fourth-order valence-electron chi connectivity index (χ4n) is 7.83. The van der Waals surface area contributed by atoms with Crippen LogP contribution < -0.4 is 10.3 Å². The third-order valence-electron chi connectivity index (χ3n) is 11.3. The van der Waals surface area contributed by atoms with Gasteiger partial charge in [-0.1, -0.05) is 157 Å². The third kappa shape index (κ3) is 18.2. The maximum atomic E-state index is 14.7. The Morgan fingerprint density at radius 1 is 0.815 bits per heavy atom. The summed E-state index contributed by atoms with van der Waals surface area (Å²) in [6, 6.07) is 21.9. The molecule has 5 rings (SSSR count). The van der Waals surface area contributed by atoms with E-state index in [4.69, 9.17) is 54.6 Å². The topological polar surface area (TPSA) is 171 Å². The van der Waals surface area contributed by atoms with Gasteiger partial charge in [-0.25, -0.2) is 14.1 Å². The Kier molecular flexibility index (Phi) is 23.0. The molecule has 16 heteroatoms. The van der Waals surface area contributed by atoms with Crippen molar-refractivity contribution in [2.45, 2.75) is 160 Å². The number of hydrogen-bond donors (Lipinski definition) is 1. The van der Waals surface area contributed by atoms with Crippen molar-refractivity contribution in [1.29, 1.82) is 5.26 Å². The molecule has 1 aliphatic rings. The zero-order valence-electron chi connectivity index (χ0n) is 38.7. The van der Waals surface area contributed by atoms with Crippen molar-refractivity contribution >= 4 is 30.8 Å². The summed E-state index contributed by atoms with van der Waals surface area (Å²) < 4.78 is 65.6. The quantitative estimate of drug-likeness (QED) is 0.0347. The van der Waals surface area contributed by atoms with E-state index in [2.05, 4.69) is 17.0 Å². The Hall–Kier alpha value is -3.61. The van der Waals surface area contributed by atoms with Crippen LogP contribution >= 0.6 is 19.4 Å². The van der Waals surface area contributed by atoms with Gasteiger partial charge in [-0.3, -0.25) is 9.05 Å². The second-order valence-corrected chi connectivity index (χ2v) is 19.1. The molecule has 4 aromatic rings. The van der Waals surface area contributed by atoms with Crippen LogP contribution in [0.4, 0.5) is 5.82 Å². The monoisotopic (exact) mass is 939 g/mol. The zero-order chi connectivity index (χ0) is 46.2. The predicted octanol–water partition coefficient (Wildman–Crippen LogP) is 12.2. The molecule has 0 radical (unpaired) electrons. The van der Waals surface area contributed by atoms with Crippen molar-refractivity contribution in [3.8, 4) is 11.8 Å². The Morgan fingerprint density at radius 3 is 2.11 bits per heavy atom. The highest BCUT2D eigenvalue weighted by Gasteiger charge is 2.49. The molecular formula is C49H71ClN5O9P. The highest BCUT2D eigenvalue weighted by molar-refractivity contribution is 7.48. The number of nitrogen functional groups attached to an aromatic ring is 1. The molecule has 1 unspecified atom stereocenters. The Labute approximate surface area is 391 Å². The van der Waals surface area contributed by atoms with Gasteiger partial charge in [0.2, 0.25) is 0 Å². The summed E-state index contributed by atoms with van der Waals surface area (Å²) in [5.74, 6) is -0.714. The van der Waals surface area contributed by atoms with Gasteiger partial charge in [0.1, 0.15) is 48.6 Å². The summed E-state index contributed by atoms with van der Waals surface area (Å²) in [6.07, 6.45) is 18.8. The van der Waals surface area contributed by atoms with Gasteiger partial charge < -0.3 is 33.9 Å². The van der Waals surface area contributed by atoms with Crippen molar-refractivity contribution in [2.24, 2.45) is 0 Å². The summed E-state index contributed by atoms with van der Waals surface area (Å²) in [7, 11) is -4.50. The van der Waals surface area contributed by atoms with Gasteiger partial charge in [0.05, 0.1) is 43.2 Å². The molecule has 0 spiro atoms. The van der Waals surface area contributed by atoms with Crippen LogP contribution in [0.3, 0.4) is 0 Å². The van der Waals surface area contributed by atoms with E-state index in [9.17, 15) is 9.83 Å². The number of unbranched alkanes of at least 4 members (excludes halogenated alkanes) is 15. The van der Waals surface area contributed by atoms with Crippen molar-refractivity contribution in [2.75, 3.05) is 38.8 Å². The molecular weight excluding hydrogens is 869 g/mol. The van der Waals surface area contributed by atoms with Crippen LogP contribution in [0.1, 0.15) is 141 Å². The van der Waals surface area contributed by atoms with Gasteiger partial charge in [-0.15, -0.1) is 0 Å². The lowest BCUT2D eigenvalue weighted by atomic mass is 10.0. The fraction of sp³-hybridized carbons (Fsp3) is 0.612. The molecule has 3 heterocycles. The summed E-state index contributed by atoms with van der Waals surface area (Å²) in [6.45, 7) is 5.89. The zero-order valence-corrected chi connectivity index (χ0v) is 40.3. The molecule has 1 fully saturated rings. The molecule has 5 atom stereocenters. The highest BCUT2D eigenvalue weighted by Crippen LogP contribution is 2.52. The van der Waals surface area contributed by atoms with Crippen molar-refractivity contribution in [3.63, 3.8) is 0 Å². The number of nitriles is 1. The third-order valence-corrected chi connectivity index (χ3v) is 13.0. The molecule has 65 heavy (non-hydrogen) atoms. The molecule has 2 aromatic heterocycles. The first kappa shape index (κ1) is 52.4. The summed E-state index contributed by atoms with van der Waals surface area (Å²) in [5, 5.41) is 14.1. The first-order valence-corrected chi connectivity index (χ1v) is 25.4. The molecule has 1 aliphatic heterocycles. The van der Waals surface area contributed by atoms with Gasteiger partial charge >= 0.3 is 7.82 Å². The first-order chi connectivity index (χ1) is 31.6. The number of nitrogens with two attached hydrogens (primary N) is 1. The number of phosphoric ester groups is 1. The largest absolute Gasteiger partial charge is 0.530 e. The lowest BCUT2D eigenvalue weighted by Crippen LogP contribution is -2.38. The number of rotatable bonds is 34. The van der Waals surface area contributed by atoms with E-state index in [1.807, 2.05) is 36.4 Å². The average Bonchev–Trinajstić information content (AvgIpc) is 3.88. The van der Waals surface area contributed by atoms with Crippen LogP contribution in [0.5, 0.6) is 5.75 Å². The minimum absolute atomic E-state index is 0.0879. The number of fused-ring (bicyclic) bond motifs is 1. The normalized spacial score (nSPS) is 17.8. The van der Waals surface area contributed by atoms with Crippen molar-refractivity contribution < 1.29 is 41.8 Å². The molecule has 0 amide bonds. The number of anilines is 1. The minimum atomic E-state index is -4.50. The Bertz CT molecular complexity index is 2040. The molecule has 0 saturated carbocycles. The predicted molar refractivity (Wildman–Crippen MR) is 253 cm³/mol. The molecule has 14 nitrogen and oxygen atoms in total. The van der Waals surface area contributed by atoms with Crippen molar-refractivity contribution in [3.05, 3.63) is 89.3 Å². The first-order valence-electron chi connectivity index (χ1n) is 23.6. The van der Waals surface area contributed by atoms with E-state index in [1.165, 1.54) is 96.2 Å². The number of halogens is 1. The molecule has 358 valence electrons. The van der Waals surface area contributed by atoms with Gasteiger partial charge in [0.25, 0.3) is 0 Å². The second kappa shape index (κ2) is 28.5. The number of phosphoric acid groups is 1. The number of ether oxygens (including phenoxy) is 5. The smallest absolute Gasteiger partial charge is 0.402 e. The van der Waals surface area contributed by atoms with Crippen LogP contribution in [0.15, 0.2) is 73.1 Å². The van der Waals surface area contributed by atoms with Crippen LogP contribution in [0.25, 0.3) is 5.52 Å². The van der Waals surface area contributed by atoms with Gasteiger partial charge in [-0.2, -0.15) is 10.4 Å². The molecule has 1 saturated heterocycles. The number of nitrogens with zero attached hydrogens (tertiary/aromatic N) is 4. The van der Waals surface area contributed by atoms with Crippen molar-refractivity contribution in [1.82, 2.24) is 14.6 Å². The Balaban J connectivity index is 1.17. The van der Waals surface area contributed by atoms with E-state index < -0.39 is 44.6 Å². The second-order valence-electron chi connectivity index (χ2n) is 17.1. The standard InChI is InChI=1S/C49H71ClN5O9P/c1-4-5-6-7-8-9-10-11-12-13-14-15-16-17-18-24-32-57-35-40(59-34-39-25-20-19-21-26-39)36-60-65(56,64-44-28-23-22-27-41(44)50)61-37-45(58-33-31-51)47-46(62-49(2,3)63-47)42-29-30-43-48(52)53-38-54-55(42)43/h19-23,25-30,38,40,45-47H,4-18,24,32-37H2,1-3H3,(H2,52,53,54)/t40-,45-,46+,47-,65?/m1/s1. The maximum Gasteiger partial charge on any atom is 0.530 e. The number of aromatic nitrogens is 3. The maximum absolute atomic E-state index is 14.7.